The van der Waals surface area contributed by atoms with Crippen molar-refractivity contribution in [3.63, 3.8) is 0 Å². The fourth-order valence-corrected chi connectivity index (χ4v) is 1.24. The average molecular weight is 179 g/mol. The lowest BCUT2D eigenvalue weighted by atomic mass is 10.2. The summed E-state index contributed by atoms with van der Waals surface area (Å²) in [5, 5.41) is 0. The van der Waals surface area contributed by atoms with Gasteiger partial charge in [0.25, 0.3) is 5.56 Å². The second-order valence-electron chi connectivity index (χ2n) is 2.74. The quantitative estimate of drug-likeness (QED) is 0.673. The zero-order chi connectivity index (χ0) is 9.42. The van der Waals surface area contributed by atoms with Crippen LogP contribution >= 0.6 is 0 Å². The molecule has 0 amide bonds. The Balaban J connectivity index is 2.90. The number of furan rings is 1. The van der Waals surface area contributed by atoms with E-state index in [1.165, 1.54) is 6.26 Å². The number of rotatable bonds is 1. The van der Waals surface area contributed by atoms with Gasteiger partial charge in [-0.1, -0.05) is 6.92 Å². The van der Waals surface area contributed by atoms with Crippen molar-refractivity contribution in [2.75, 3.05) is 5.73 Å². The molecule has 68 valence electrons. The van der Waals surface area contributed by atoms with Crippen LogP contribution in [0.15, 0.2) is 15.5 Å². The third kappa shape index (κ3) is 1.09. The van der Waals surface area contributed by atoms with Crippen LogP contribution in [0.3, 0.4) is 0 Å². The van der Waals surface area contributed by atoms with Gasteiger partial charge in [0.2, 0.25) is 11.5 Å². The number of nitrogens with two attached hydrogens (primary N) is 1. The number of aromatic amines is 1. The molecule has 0 unspecified atom stereocenters. The normalized spacial score (nSPS) is 10.8. The van der Waals surface area contributed by atoms with Gasteiger partial charge in [-0.3, -0.25) is 9.78 Å². The molecule has 13 heavy (non-hydrogen) atoms. The molecule has 5 heteroatoms. The molecular weight excluding hydrogens is 170 g/mol. The van der Waals surface area contributed by atoms with E-state index < -0.39 is 0 Å². The zero-order valence-electron chi connectivity index (χ0n) is 7.13. The largest absolute Gasteiger partial charge is 0.456 e. The van der Waals surface area contributed by atoms with E-state index in [4.69, 9.17) is 10.2 Å². The first-order chi connectivity index (χ1) is 6.22. The lowest BCUT2D eigenvalue weighted by molar-refractivity contribution is 0.605. The molecule has 0 radical (unpaired) electrons. The number of anilines is 1. The van der Waals surface area contributed by atoms with Crippen LogP contribution < -0.4 is 11.3 Å². The molecule has 2 aromatic rings. The summed E-state index contributed by atoms with van der Waals surface area (Å²) in [4.78, 5) is 17.6. The second kappa shape index (κ2) is 2.62. The number of hydrogen-bond donors (Lipinski definition) is 2. The molecule has 0 saturated carbocycles. The minimum Gasteiger partial charge on any atom is -0.456 e. The molecule has 0 aromatic carbocycles. The highest BCUT2D eigenvalue weighted by atomic mass is 16.3. The Morgan fingerprint density at radius 1 is 1.69 bits per heavy atom. The van der Waals surface area contributed by atoms with E-state index in [9.17, 15) is 4.79 Å². The highest BCUT2D eigenvalue weighted by Crippen LogP contribution is 2.15. The molecule has 3 N–H and O–H groups in total. The van der Waals surface area contributed by atoms with Crippen LogP contribution in [0.4, 0.5) is 5.95 Å². The SMILES string of the molecule is CCc1coc2c(=O)[nH]c(N)nc12. The lowest BCUT2D eigenvalue weighted by Crippen LogP contribution is -2.10. The standard InChI is InChI=1S/C8H9N3O2/c1-2-4-3-13-6-5(4)10-8(9)11-7(6)12/h3H,2H2,1H3,(H3,9,10,11,12). The summed E-state index contributed by atoms with van der Waals surface area (Å²) in [5.41, 5.74) is 6.76. The first-order valence-corrected chi connectivity index (χ1v) is 3.98. The molecule has 2 aromatic heterocycles. The fraction of sp³-hybridized carbons (Fsp3) is 0.250. The van der Waals surface area contributed by atoms with Crippen LogP contribution in [-0.2, 0) is 6.42 Å². The Labute approximate surface area is 73.6 Å². The van der Waals surface area contributed by atoms with Crippen molar-refractivity contribution < 1.29 is 4.42 Å². The summed E-state index contributed by atoms with van der Waals surface area (Å²) >= 11 is 0. The molecule has 0 aliphatic rings. The minimum absolute atomic E-state index is 0.119. The predicted molar refractivity (Wildman–Crippen MR) is 48.4 cm³/mol. The minimum atomic E-state index is -0.331. The van der Waals surface area contributed by atoms with Crippen molar-refractivity contribution in [2.24, 2.45) is 0 Å². The van der Waals surface area contributed by atoms with E-state index in [1.807, 2.05) is 6.92 Å². The lowest BCUT2D eigenvalue weighted by Gasteiger charge is -1.92. The summed E-state index contributed by atoms with van der Waals surface area (Å²) in [7, 11) is 0. The van der Waals surface area contributed by atoms with Crippen LogP contribution in [0.1, 0.15) is 12.5 Å². The number of nitrogen functional groups attached to an aromatic ring is 1. The van der Waals surface area contributed by atoms with E-state index in [2.05, 4.69) is 9.97 Å². The van der Waals surface area contributed by atoms with Crippen molar-refractivity contribution in [2.45, 2.75) is 13.3 Å². The summed E-state index contributed by atoms with van der Waals surface area (Å²) in [5.74, 6) is 0.119. The van der Waals surface area contributed by atoms with Gasteiger partial charge < -0.3 is 10.2 Å². The van der Waals surface area contributed by atoms with Crippen molar-refractivity contribution in [1.82, 2.24) is 9.97 Å². The Morgan fingerprint density at radius 2 is 2.46 bits per heavy atom. The Bertz CT molecular complexity index is 498. The maximum Gasteiger partial charge on any atom is 0.295 e. The van der Waals surface area contributed by atoms with Gasteiger partial charge in [-0.25, -0.2) is 4.98 Å². The second-order valence-corrected chi connectivity index (χ2v) is 2.74. The van der Waals surface area contributed by atoms with E-state index in [1.54, 1.807) is 0 Å². The smallest absolute Gasteiger partial charge is 0.295 e. The molecule has 0 aliphatic heterocycles. The van der Waals surface area contributed by atoms with Crippen LogP contribution in [0.2, 0.25) is 0 Å². The van der Waals surface area contributed by atoms with Crippen LogP contribution in [0.25, 0.3) is 11.1 Å². The Kier molecular flexibility index (Phi) is 1.58. The third-order valence-electron chi connectivity index (χ3n) is 1.90. The molecule has 0 bridgehead atoms. The van der Waals surface area contributed by atoms with Crippen LogP contribution in [0.5, 0.6) is 0 Å². The highest BCUT2D eigenvalue weighted by molar-refractivity contribution is 5.76. The number of aromatic nitrogens is 2. The molecule has 5 nitrogen and oxygen atoms in total. The van der Waals surface area contributed by atoms with Gasteiger partial charge in [-0.05, 0) is 6.42 Å². The maximum atomic E-state index is 11.3. The Hall–Kier alpha value is -1.78. The van der Waals surface area contributed by atoms with Gasteiger partial charge in [-0.15, -0.1) is 0 Å². The topological polar surface area (TPSA) is 84.9 Å². The van der Waals surface area contributed by atoms with E-state index in [-0.39, 0.29) is 17.1 Å². The molecule has 0 spiro atoms. The predicted octanol–water partition coefficient (Wildman–Crippen LogP) is 0.661. The van der Waals surface area contributed by atoms with Crippen LogP contribution in [-0.4, -0.2) is 9.97 Å². The average Bonchev–Trinajstić information content (AvgIpc) is 2.47. The number of aryl methyl sites for hydroxylation is 1. The number of hydrogen-bond acceptors (Lipinski definition) is 4. The summed E-state index contributed by atoms with van der Waals surface area (Å²) in [6.45, 7) is 1.96. The molecule has 0 aliphatic carbocycles. The third-order valence-corrected chi connectivity index (χ3v) is 1.90. The number of fused-ring (bicyclic) bond motifs is 1. The molecule has 0 fully saturated rings. The number of H-pyrrole nitrogens is 1. The van der Waals surface area contributed by atoms with E-state index in [0.29, 0.717) is 5.52 Å². The molecule has 0 atom stereocenters. The Morgan fingerprint density at radius 3 is 3.15 bits per heavy atom. The van der Waals surface area contributed by atoms with Crippen molar-refractivity contribution >= 4 is 17.0 Å². The van der Waals surface area contributed by atoms with Gasteiger partial charge in [0.1, 0.15) is 5.52 Å². The highest BCUT2D eigenvalue weighted by Gasteiger charge is 2.09. The van der Waals surface area contributed by atoms with Crippen molar-refractivity contribution in [3.05, 3.63) is 22.2 Å². The van der Waals surface area contributed by atoms with E-state index >= 15 is 0 Å². The van der Waals surface area contributed by atoms with Crippen molar-refractivity contribution in [3.8, 4) is 0 Å². The number of nitrogens with one attached hydrogen (secondary N) is 1. The number of nitrogens with zero attached hydrogens (tertiary/aromatic N) is 1. The van der Waals surface area contributed by atoms with Gasteiger partial charge >= 0.3 is 0 Å². The van der Waals surface area contributed by atoms with Gasteiger partial charge in [0, 0.05) is 5.56 Å². The summed E-state index contributed by atoms with van der Waals surface area (Å²) in [6, 6.07) is 0. The molecule has 0 saturated heterocycles. The fourth-order valence-electron chi connectivity index (χ4n) is 1.24. The zero-order valence-corrected chi connectivity index (χ0v) is 7.13. The van der Waals surface area contributed by atoms with Crippen molar-refractivity contribution in [1.29, 1.82) is 0 Å². The summed E-state index contributed by atoms with van der Waals surface area (Å²) in [6.07, 6.45) is 2.30. The maximum absolute atomic E-state index is 11.3. The van der Waals surface area contributed by atoms with E-state index in [0.717, 1.165) is 12.0 Å². The molecule has 2 heterocycles. The van der Waals surface area contributed by atoms with Gasteiger partial charge in [0.05, 0.1) is 6.26 Å². The molecular formula is C8H9N3O2. The monoisotopic (exact) mass is 179 g/mol. The first-order valence-electron chi connectivity index (χ1n) is 3.98. The van der Waals surface area contributed by atoms with Crippen LogP contribution in [0, 0.1) is 0 Å². The van der Waals surface area contributed by atoms with Gasteiger partial charge in [-0.2, -0.15) is 0 Å². The summed E-state index contributed by atoms with van der Waals surface area (Å²) < 4.78 is 5.06. The first kappa shape index (κ1) is 7.85. The molecule has 2 rings (SSSR count). The van der Waals surface area contributed by atoms with Gasteiger partial charge in [0.15, 0.2) is 0 Å².